The van der Waals surface area contributed by atoms with Gasteiger partial charge in [0, 0.05) is 6.20 Å². The Balaban J connectivity index is 2.17. The second kappa shape index (κ2) is 3.35. The summed E-state index contributed by atoms with van der Waals surface area (Å²) < 4.78 is 2.21. The molecule has 0 spiro atoms. The lowest BCUT2D eigenvalue weighted by molar-refractivity contribution is 0.602. The van der Waals surface area contributed by atoms with E-state index in [1.54, 1.807) is 0 Å². The predicted molar refractivity (Wildman–Crippen MR) is 59.9 cm³/mol. The Kier molecular flexibility index (Phi) is 1.99. The highest BCUT2D eigenvalue weighted by molar-refractivity contribution is 5.52. The van der Waals surface area contributed by atoms with Crippen LogP contribution >= 0.6 is 0 Å². The lowest BCUT2D eigenvalue weighted by Gasteiger charge is -2.08. The highest BCUT2D eigenvalue weighted by atomic mass is 15.1. The average molecular weight is 201 g/mol. The van der Waals surface area contributed by atoms with Crippen molar-refractivity contribution in [1.29, 1.82) is 0 Å². The number of nitrogens with zero attached hydrogens (tertiary/aromatic N) is 2. The molecule has 1 aliphatic rings. The van der Waals surface area contributed by atoms with Crippen molar-refractivity contribution < 1.29 is 0 Å². The molecule has 1 saturated heterocycles. The average Bonchev–Trinajstić information content (AvgIpc) is 2.87. The minimum Gasteiger partial charge on any atom is -0.307 e. The van der Waals surface area contributed by atoms with Crippen LogP contribution in [0, 0.1) is 6.92 Å². The molecule has 1 atom stereocenters. The van der Waals surface area contributed by atoms with Crippen LogP contribution in [0.25, 0.3) is 5.52 Å². The van der Waals surface area contributed by atoms with Crippen molar-refractivity contribution in [2.75, 3.05) is 6.54 Å². The number of nitrogens with one attached hydrogen (secondary N) is 1. The van der Waals surface area contributed by atoms with E-state index in [9.17, 15) is 0 Å². The first-order valence-electron chi connectivity index (χ1n) is 5.53. The minimum absolute atomic E-state index is 0.439. The summed E-state index contributed by atoms with van der Waals surface area (Å²) in [5, 5.41) is 3.50. The molecule has 2 aromatic rings. The summed E-state index contributed by atoms with van der Waals surface area (Å²) in [5.74, 6) is 1.17. The molecule has 15 heavy (non-hydrogen) atoms. The van der Waals surface area contributed by atoms with Crippen molar-refractivity contribution in [2.45, 2.75) is 25.8 Å². The number of aryl methyl sites for hydroxylation is 1. The third-order valence-corrected chi connectivity index (χ3v) is 3.13. The summed E-state index contributed by atoms with van der Waals surface area (Å²) in [4.78, 5) is 4.67. The van der Waals surface area contributed by atoms with Gasteiger partial charge in [-0.3, -0.25) is 0 Å². The summed E-state index contributed by atoms with van der Waals surface area (Å²) in [6, 6.07) is 6.69. The Bertz CT molecular complexity index is 481. The number of hydrogen-bond donors (Lipinski definition) is 1. The van der Waals surface area contributed by atoms with Crippen LogP contribution in [0.2, 0.25) is 0 Å². The third-order valence-electron chi connectivity index (χ3n) is 3.13. The van der Waals surface area contributed by atoms with E-state index in [1.807, 2.05) is 0 Å². The van der Waals surface area contributed by atoms with E-state index >= 15 is 0 Å². The summed E-state index contributed by atoms with van der Waals surface area (Å²) in [5.41, 5.74) is 2.35. The molecule has 1 N–H and O–H groups in total. The Morgan fingerprint density at radius 2 is 2.40 bits per heavy atom. The molecule has 1 aliphatic heterocycles. The Labute approximate surface area is 89.1 Å². The molecule has 1 unspecified atom stereocenters. The number of rotatable bonds is 1. The molecule has 3 heteroatoms. The van der Waals surface area contributed by atoms with E-state index in [4.69, 9.17) is 0 Å². The molecule has 0 bridgehead atoms. The molecule has 0 aromatic carbocycles. The molecule has 3 nitrogen and oxygen atoms in total. The van der Waals surface area contributed by atoms with Gasteiger partial charge in [0.15, 0.2) is 0 Å². The van der Waals surface area contributed by atoms with Crippen LogP contribution in [0.1, 0.15) is 30.4 Å². The minimum atomic E-state index is 0.439. The van der Waals surface area contributed by atoms with Gasteiger partial charge in [0.05, 0.1) is 17.3 Å². The quantitative estimate of drug-likeness (QED) is 0.765. The lowest BCUT2D eigenvalue weighted by atomic mass is 10.2. The number of imidazole rings is 1. The van der Waals surface area contributed by atoms with E-state index < -0.39 is 0 Å². The van der Waals surface area contributed by atoms with Gasteiger partial charge >= 0.3 is 0 Å². The fourth-order valence-electron chi connectivity index (χ4n) is 2.37. The number of pyridine rings is 1. The van der Waals surface area contributed by atoms with Gasteiger partial charge in [0.25, 0.3) is 0 Å². The first-order valence-corrected chi connectivity index (χ1v) is 5.53. The maximum atomic E-state index is 4.67. The second-order valence-corrected chi connectivity index (χ2v) is 4.16. The van der Waals surface area contributed by atoms with Crippen molar-refractivity contribution in [1.82, 2.24) is 14.7 Å². The Hall–Kier alpha value is -1.35. The SMILES string of the molecule is Cc1nc(C2CCCN2)n2ccccc12. The molecule has 0 saturated carbocycles. The van der Waals surface area contributed by atoms with Gasteiger partial charge in [-0.05, 0) is 38.4 Å². The van der Waals surface area contributed by atoms with Gasteiger partial charge in [-0.1, -0.05) is 6.07 Å². The van der Waals surface area contributed by atoms with E-state index in [2.05, 4.69) is 46.0 Å². The Morgan fingerprint density at radius 3 is 3.20 bits per heavy atom. The van der Waals surface area contributed by atoms with Crippen LogP contribution in [0.4, 0.5) is 0 Å². The summed E-state index contributed by atoms with van der Waals surface area (Å²) in [7, 11) is 0. The van der Waals surface area contributed by atoms with Crippen LogP contribution in [0.3, 0.4) is 0 Å². The predicted octanol–water partition coefficient (Wildman–Crippen LogP) is 2.07. The molecule has 1 fully saturated rings. The molecule has 2 aromatic heterocycles. The van der Waals surface area contributed by atoms with Crippen molar-refractivity contribution in [2.24, 2.45) is 0 Å². The zero-order valence-electron chi connectivity index (χ0n) is 8.90. The van der Waals surface area contributed by atoms with E-state index in [1.165, 1.54) is 24.2 Å². The highest BCUT2D eigenvalue weighted by Gasteiger charge is 2.21. The molecule has 78 valence electrons. The molecule has 0 radical (unpaired) electrons. The van der Waals surface area contributed by atoms with Gasteiger partial charge in [-0.25, -0.2) is 4.98 Å². The lowest BCUT2D eigenvalue weighted by Crippen LogP contribution is -2.15. The molecular weight excluding hydrogens is 186 g/mol. The number of hydrogen-bond acceptors (Lipinski definition) is 2. The summed E-state index contributed by atoms with van der Waals surface area (Å²) in [6.07, 6.45) is 4.56. The molecular formula is C12H15N3. The third kappa shape index (κ3) is 1.35. The summed E-state index contributed by atoms with van der Waals surface area (Å²) in [6.45, 7) is 3.19. The van der Waals surface area contributed by atoms with Crippen LogP contribution in [0.5, 0.6) is 0 Å². The zero-order valence-corrected chi connectivity index (χ0v) is 8.90. The molecule has 0 aliphatic carbocycles. The van der Waals surface area contributed by atoms with E-state index in [0.29, 0.717) is 6.04 Å². The van der Waals surface area contributed by atoms with Crippen molar-refractivity contribution in [3.63, 3.8) is 0 Å². The monoisotopic (exact) mass is 201 g/mol. The zero-order chi connectivity index (χ0) is 10.3. The highest BCUT2D eigenvalue weighted by Crippen LogP contribution is 2.24. The normalized spacial score (nSPS) is 21.3. The van der Waals surface area contributed by atoms with Crippen LogP contribution < -0.4 is 5.32 Å². The van der Waals surface area contributed by atoms with Crippen LogP contribution in [-0.4, -0.2) is 15.9 Å². The number of aromatic nitrogens is 2. The van der Waals surface area contributed by atoms with E-state index in [0.717, 1.165) is 12.2 Å². The van der Waals surface area contributed by atoms with Gasteiger partial charge in [-0.15, -0.1) is 0 Å². The summed E-state index contributed by atoms with van der Waals surface area (Å²) >= 11 is 0. The van der Waals surface area contributed by atoms with Crippen molar-refractivity contribution >= 4 is 5.52 Å². The standard InChI is InChI=1S/C12H15N3/c1-9-11-6-2-3-8-15(11)12(14-9)10-5-4-7-13-10/h2-3,6,8,10,13H,4-5,7H2,1H3. The fourth-order valence-corrected chi connectivity index (χ4v) is 2.37. The van der Waals surface area contributed by atoms with Gasteiger partial charge < -0.3 is 9.72 Å². The fraction of sp³-hybridized carbons (Fsp3) is 0.417. The largest absolute Gasteiger partial charge is 0.307 e. The maximum Gasteiger partial charge on any atom is 0.130 e. The Morgan fingerprint density at radius 1 is 1.47 bits per heavy atom. The topological polar surface area (TPSA) is 29.3 Å². The smallest absolute Gasteiger partial charge is 0.130 e. The van der Waals surface area contributed by atoms with Crippen LogP contribution in [-0.2, 0) is 0 Å². The van der Waals surface area contributed by atoms with Gasteiger partial charge in [-0.2, -0.15) is 0 Å². The second-order valence-electron chi connectivity index (χ2n) is 4.16. The van der Waals surface area contributed by atoms with Gasteiger partial charge in [0.2, 0.25) is 0 Å². The maximum absolute atomic E-state index is 4.67. The van der Waals surface area contributed by atoms with Crippen molar-refractivity contribution in [3.05, 3.63) is 35.9 Å². The first kappa shape index (κ1) is 8.92. The van der Waals surface area contributed by atoms with Crippen molar-refractivity contribution in [3.8, 4) is 0 Å². The number of fused-ring (bicyclic) bond motifs is 1. The van der Waals surface area contributed by atoms with Crippen LogP contribution in [0.15, 0.2) is 24.4 Å². The molecule has 3 heterocycles. The van der Waals surface area contributed by atoms with E-state index in [-0.39, 0.29) is 0 Å². The molecule has 0 amide bonds. The van der Waals surface area contributed by atoms with Gasteiger partial charge in [0.1, 0.15) is 5.82 Å². The first-order chi connectivity index (χ1) is 7.36. The molecule has 3 rings (SSSR count).